The minimum absolute atomic E-state index is 0.268. The topological polar surface area (TPSA) is 96.0 Å². The van der Waals surface area contributed by atoms with Crippen molar-refractivity contribution in [2.24, 2.45) is 0 Å². The lowest BCUT2D eigenvalue weighted by molar-refractivity contribution is -0.310. The Bertz CT molecular complexity index is 398. The van der Waals surface area contributed by atoms with Gasteiger partial charge in [0.2, 0.25) is 0 Å². The summed E-state index contributed by atoms with van der Waals surface area (Å²) < 4.78 is 0. The monoisotopic (exact) mass is 241 g/mol. The molecule has 2 aliphatic heterocycles. The van der Waals surface area contributed by atoms with Gasteiger partial charge in [-0.3, -0.25) is 4.90 Å². The quantitative estimate of drug-likeness (QED) is 0.593. The van der Waals surface area contributed by atoms with E-state index in [0.717, 1.165) is 4.90 Å². The number of carboxylic acids is 1. The Morgan fingerprint density at radius 3 is 2.47 bits per heavy atom. The summed E-state index contributed by atoms with van der Waals surface area (Å²) in [5, 5.41) is 13.4. The first-order valence-corrected chi connectivity index (χ1v) is 5.15. The number of rotatable bonds is 2. The summed E-state index contributed by atoms with van der Waals surface area (Å²) in [6, 6.07) is -1.87. The summed E-state index contributed by atoms with van der Waals surface area (Å²) in [7, 11) is 3.08. The third-order valence-corrected chi connectivity index (χ3v) is 3.25. The van der Waals surface area contributed by atoms with Gasteiger partial charge < -0.3 is 25.0 Å². The Balaban J connectivity index is 2.33. The SMILES string of the molecule is C[C@@H](C(=O)[O-])N1C(=O)N[C@H]2[C@@H]1N(C)C(=O)N2C. The molecule has 0 unspecified atom stereocenters. The molecular weight excluding hydrogens is 228 g/mol. The molecule has 2 rings (SSSR count). The van der Waals surface area contributed by atoms with E-state index < -0.39 is 30.4 Å². The largest absolute Gasteiger partial charge is 0.548 e. The van der Waals surface area contributed by atoms with Gasteiger partial charge in [-0.25, -0.2) is 9.59 Å². The number of hydrogen-bond acceptors (Lipinski definition) is 4. The summed E-state index contributed by atoms with van der Waals surface area (Å²) in [5.41, 5.74) is 0. The third kappa shape index (κ3) is 1.40. The summed E-state index contributed by atoms with van der Waals surface area (Å²) in [5.74, 6) is -1.35. The lowest BCUT2D eigenvalue weighted by Gasteiger charge is -2.32. The summed E-state index contributed by atoms with van der Waals surface area (Å²) >= 11 is 0. The molecule has 8 heteroatoms. The fourth-order valence-corrected chi connectivity index (χ4v) is 2.24. The van der Waals surface area contributed by atoms with Gasteiger partial charge in [0.1, 0.15) is 12.3 Å². The van der Waals surface area contributed by atoms with Crippen molar-refractivity contribution in [3.05, 3.63) is 0 Å². The van der Waals surface area contributed by atoms with Crippen molar-refractivity contribution in [3.8, 4) is 0 Å². The minimum Gasteiger partial charge on any atom is -0.548 e. The van der Waals surface area contributed by atoms with Gasteiger partial charge in [-0.2, -0.15) is 0 Å². The van der Waals surface area contributed by atoms with Gasteiger partial charge in [0.15, 0.2) is 0 Å². The van der Waals surface area contributed by atoms with Crippen molar-refractivity contribution < 1.29 is 19.5 Å². The normalized spacial score (nSPS) is 29.5. The van der Waals surface area contributed by atoms with Crippen LogP contribution in [0.2, 0.25) is 0 Å². The highest BCUT2D eigenvalue weighted by Crippen LogP contribution is 2.27. The Morgan fingerprint density at radius 2 is 1.94 bits per heavy atom. The highest BCUT2D eigenvalue weighted by Gasteiger charge is 2.53. The van der Waals surface area contributed by atoms with Crippen LogP contribution in [0.1, 0.15) is 6.92 Å². The van der Waals surface area contributed by atoms with Crippen LogP contribution in [0.25, 0.3) is 0 Å². The first-order chi connectivity index (χ1) is 7.86. The van der Waals surface area contributed by atoms with Crippen molar-refractivity contribution in [1.82, 2.24) is 20.0 Å². The number of likely N-dealkylation sites (N-methyl/N-ethyl adjacent to an activating group) is 2. The Labute approximate surface area is 97.8 Å². The number of aliphatic carboxylic acids is 1. The van der Waals surface area contributed by atoms with Crippen molar-refractivity contribution in [2.45, 2.75) is 25.3 Å². The van der Waals surface area contributed by atoms with Crippen LogP contribution >= 0.6 is 0 Å². The number of nitrogens with zero attached hydrogens (tertiary/aromatic N) is 3. The molecule has 2 heterocycles. The zero-order valence-corrected chi connectivity index (χ0v) is 9.71. The zero-order chi connectivity index (χ0) is 12.9. The van der Waals surface area contributed by atoms with Crippen molar-refractivity contribution >= 4 is 18.0 Å². The van der Waals surface area contributed by atoms with E-state index in [1.807, 2.05) is 0 Å². The van der Waals surface area contributed by atoms with Crippen LogP contribution in [0.5, 0.6) is 0 Å². The zero-order valence-electron chi connectivity index (χ0n) is 9.71. The van der Waals surface area contributed by atoms with E-state index in [2.05, 4.69) is 5.32 Å². The first-order valence-electron chi connectivity index (χ1n) is 5.15. The molecule has 3 atom stereocenters. The fraction of sp³-hybridized carbons (Fsp3) is 0.667. The molecule has 0 aromatic rings. The average Bonchev–Trinajstić information content (AvgIpc) is 2.70. The van der Waals surface area contributed by atoms with Gasteiger partial charge in [0.05, 0.1) is 12.0 Å². The van der Waals surface area contributed by atoms with Gasteiger partial charge in [-0.05, 0) is 6.92 Å². The van der Waals surface area contributed by atoms with E-state index >= 15 is 0 Å². The maximum absolute atomic E-state index is 11.7. The van der Waals surface area contributed by atoms with Gasteiger partial charge in [0, 0.05) is 14.1 Å². The highest BCUT2D eigenvalue weighted by atomic mass is 16.4. The molecule has 2 aliphatic rings. The molecule has 94 valence electrons. The number of hydrogen-bond donors (Lipinski definition) is 1. The molecule has 0 bridgehead atoms. The van der Waals surface area contributed by atoms with E-state index in [0.29, 0.717) is 0 Å². The van der Waals surface area contributed by atoms with Crippen molar-refractivity contribution in [2.75, 3.05) is 14.1 Å². The minimum atomic E-state index is -1.35. The molecule has 1 N–H and O–H groups in total. The van der Waals surface area contributed by atoms with E-state index in [1.54, 1.807) is 7.05 Å². The highest BCUT2D eigenvalue weighted by molar-refractivity contribution is 5.87. The Kier molecular flexibility index (Phi) is 2.37. The average molecular weight is 241 g/mol. The number of carbonyl (C=O) groups excluding carboxylic acids is 3. The van der Waals surface area contributed by atoms with Crippen LogP contribution < -0.4 is 10.4 Å². The number of nitrogens with one attached hydrogen (secondary N) is 1. The van der Waals surface area contributed by atoms with E-state index in [4.69, 9.17) is 0 Å². The molecule has 17 heavy (non-hydrogen) atoms. The van der Waals surface area contributed by atoms with E-state index in [-0.39, 0.29) is 6.03 Å². The first kappa shape index (κ1) is 11.5. The molecule has 0 radical (unpaired) electrons. The van der Waals surface area contributed by atoms with Gasteiger partial charge in [-0.1, -0.05) is 0 Å². The molecular formula is C9H13N4O4-. The predicted octanol–water partition coefficient (Wildman–Crippen LogP) is -2.20. The van der Waals surface area contributed by atoms with Gasteiger partial charge in [-0.15, -0.1) is 0 Å². The van der Waals surface area contributed by atoms with Crippen molar-refractivity contribution in [1.29, 1.82) is 0 Å². The molecule has 0 aliphatic carbocycles. The molecule has 4 amide bonds. The Morgan fingerprint density at radius 1 is 1.35 bits per heavy atom. The summed E-state index contributed by atoms with van der Waals surface area (Å²) in [6.07, 6.45) is -1.14. The van der Waals surface area contributed by atoms with Gasteiger partial charge >= 0.3 is 12.1 Å². The Hall–Kier alpha value is -1.99. The molecule has 0 spiro atoms. The molecule has 0 aromatic carbocycles. The predicted molar refractivity (Wildman–Crippen MR) is 53.3 cm³/mol. The smallest absolute Gasteiger partial charge is 0.323 e. The summed E-state index contributed by atoms with van der Waals surface area (Å²) in [4.78, 5) is 38.0. The van der Waals surface area contributed by atoms with E-state index in [9.17, 15) is 19.5 Å². The van der Waals surface area contributed by atoms with Crippen LogP contribution in [0.4, 0.5) is 9.59 Å². The number of carbonyl (C=O) groups is 3. The maximum Gasteiger partial charge on any atom is 0.323 e. The number of amides is 4. The van der Waals surface area contributed by atoms with Crippen LogP contribution in [-0.2, 0) is 4.79 Å². The summed E-state index contributed by atoms with van der Waals surface area (Å²) in [6.45, 7) is 1.36. The van der Waals surface area contributed by atoms with Gasteiger partial charge in [0.25, 0.3) is 0 Å². The van der Waals surface area contributed by atoms with Crippen LogP contribution in [0.3, 0.4) is 0 Å². The molecule has 2 saturated heterocycles. The van der Waals surface area contributed by atoms with Crippen LogP contribution in [-0.4, -0.2) is 65.2 Å². The van der Waals surface area contributed by atoms with Crippen LogP contribution in [0, 0.1) is 0 Å². The maximum atomic E-state index is 11.7. The lowest BCUT2D eigenvalue weighted by Crippen LogP contribution is -2.54. The number of carboxylic acid groups (broad SMARTS) is 1. The number of urea groups is 2. The van der Waals surface area contributed by atoms with Crippen molar-refractivity contribution in [3.63, 3.8) is 0 Å². The fourth-order valence-electron chi connectivity index (χ4n) is 2.24. The molecule has 0 saturated carbocycles. The third-order valence-electron chi connectivity index (χ3n) is 3.25. The molecule has 8 nitrogen and oxygen atoms in total. The molecule has 2 fully saturated rings. The standard InChI is InChI=1S/C9H14N4O4/c1-4(7(14)15)13-6-5(10-8(13)16)11(2)9(17)12(6)3/h4-6H,1-3H3,(H,10,16)(H,14,15)/p-1/t4-,5+,6+/m0/s1. The lowest BCUT2D eigenvalue weighted by atomic mass is 10.2. The second-order valence-corrected chi connectivity index (χ2v) is 4.21. The number of fused-ring (bicyclic) bond motifs is 1. The molecule has 0 aromatic heterocycles. The second-order valence-electron chi connectivity index (χ2n) is 4.21. The van der Waals surface area contributed by atoms with Crippen LogP contribution in [0.15, 0.2) is 0 Å². The second kappa shape index (κ2) is 3.51. The van der Waals surface area contributed by atoms with E-state index in [1.165, 1.54) is 23.8 Å².